The monoisotopic (exact) mass is 346 g/mol. The fourth-order valence-electron chi connectivity index (χ4n) is 2.72. The highest BCUT2D eigenvalue weighted by Crippen LogP contribution is 2.31. The molecule has 1 amide bonds. The molecule has 1 aliphatic heterocycles. The van der Waals surface area contributed by atoms with Crippen molar-refractivity contribution in [3.63, 3.8) is 0 Å². The van der Waals surface area contributed by atoms with Crippen LogP contribution in [0.2, 0.25) is 0 Å². The summed E-state index contributed by atoms with van der Waals surface area (Å²) in [5, 5.41) is 6.58. The fourth-order valence-corrected chi connectivity index (χ4v) is 2.72. The van der Waals surface area contributed by atoms with Gasteiger partial charge in [-0.3, -0.25) is 4.79 Å². The van der Waals surface area contributed by atoms with Crippen molar-refractivity contribution in [2.75, 3.05) is 40.1 Å². The standard InChI is InChI=1S/C18H22N2O5/c1-22-16-5-3-2-4-14(16)17-15(10-20-25-17)18(21)19-7-9-24-12-13-6-8-23-11-13/h2-5,10,13H,6-9,11-12H2,1H3,(H,19,21)/t13-/m0/s1. The summed E-state index contributed by atoms with van der Waals surface area (Å²) in [6.07, 6.45) is 2.45. The summed E-state index contributed by atoms with van der Waals surface area (Å²) in [5.74, 6) is 1.22. The van der Waals surface area contributed by atoms with Gasteiger partial charge in [0.2, 0.25) is 0 Å². The zero-order valence-corrected chi connectivity index (χ0v) is 14.2. The van der Waals surface area contributed by atoms with Crippen LogP contribution in [0.4, 0.5) is 0 Å². The number of para-hydroxylation sites is 1. The average molecular weight is 346 g/mol. The van der Waals surface area contributed by atoms with Crippen molar-refractivity contribution < 1.29 is 23.5 Å². The van der Waals surface area contributed by atoms with E-state index in [1.165, 1.54) is 6.20 Å². The second kappa shape index (κ2) is 8.64. The molecule has 1 aliphatic rings. The Balaban J connectivity index is 1.53. The van der Waals surface area contributed by atoms with Crippen LogP contribution in [0.15, 0.2) is 35.0 Å². The number of aromatic nitrogens is 1. The Hall–Kier alpha value is -2.38. The molecule has 2 heterocycles. The molecular formula is C18H22N2O5. The van der Waals surface area contributed by atoms with Crippen molar-refractivity contribution in [1.82, 2.24) is 10.5 Å². The van der Waals surface area contributed by atoms with Crippen LogP contribution in [0, 0.1) is 5.92 Å². The topological polar surface area (TPSA) is 82.8 Å². The van der Waals surface area contributed by atoms with Crippen molar-refractivity contribution in [2.24, 2.45) is 5.92 Å². The van der Waals surface area contributed by atoms with Crippen LogP contribution in [0.3, 0.4) is 0 Å². The number of nitrogens with one attached hydrogen (secondary N) is 1. The summed E-state index contributed by atoms with van der Waals surface area (Å²) in [6, 6.07) is 7.33. The van der Waals surface area contributed by atoms with Gasteiger partial charge in [0.05, 0.1) is 38.7 Å². The van der Waals surface area contributed by atoms with Crippen molar-refractivity contribution in [2.45, 2.75) is 6.42 Å². The Kier molecular flexibility index (Phi) is 6.03. The lowest BCUT2D eigenvalue weighted by Crippen LogP contribution is -2.28. The van der Waals surface area contributed by atoms with Gasteiger partial charge in [-0.15, -0.1) is 0 Å². The SMILES string of the molecule is COc1ccccc1-c1oncc1C(=O)NCCOC[C@H]1CCOC1. The molecule has 0 radical (unpaired) electrons. The fraction of sp³-hybridized carbons (Fsp3) is 0.444. The van der Waals surface area contributed by atoms with Crippen LogP contribution in [0.1, 0.15) is 16.8 Å². The first-order chi connectivity index (χ1) is 12.3. The lowest BCUT2D eigenvalue weighted by atomic mass is 10.1. The van der Waals surface area contributed by atoms with Crippen LogP contribution in [-0.4, -0.2) is 51.1 Å². The third-order valence-electron chi connectivity index (χ3n) is 4.08. The average Bonchev–Trinajstić information content (AvgIpc) is 3.33. The highest BCUT2D eigenvalue weighted by atomic mass is 16.5. The molecule has 0 aliphatic carbocycles. The number of hydrogen-bond acceptors (Lipinski definition) is 6. The molecule has 0 spiro atoms. The summed E-state index contributed by atoms with van der Waals surface area (Å²) >= 11 is 0. The van der Waals surface area contributed by atoms with E-state index < -0.39 is 0 Å². The van der Waals surface area contributed by atoms with E-state index in [9.17, 15) is 4.79 Å². The van der Waals surface area contributed by atoms with Crippen molar-refractivity contribution in [3.05, 3.63) is 36.0 Å². The Labute approximate surface area is 146 Å². The van der Waals surface area contributed by atoms with Crippen LogP contribution < -0.4 is 10.1 Å². The summed E-state index contributed by atoms with van der Waals surface area (Å²) in [6.45, 7) is 3.11. The van der Waals surface area contributed by atoms with Crippen LogP contribution >= 0.6 is 0 Å². The summed E-state index contributed by atoms with van der Waals surface area (Å²) < 4.78 is 21.5. The van der Waals surface area contributed by atoms with Gasteiger partial charge >= 0.3 is 0 Å². The lowest BCUT2D eigenvalue weighted by Gasteiger charge is -2.10. The number of carbonyl (C=O) groups excluding carboxylic acids is 1. The van der Waals surface area contributed by atoms with Crippen molar-refractivity contribution in [3.8, 4) is 17.1 Å². The number of amides is 1. The van der Waals surface area contributed by atoms with E-state index in [4.69, 9.17) is 18.7 Å². The van der Waals surface area contributed by atoms with Crippen molar-refractivity contribution >= 4 is 5.91 Å². The maximum Gasteiger partial charge on any atom is 0.256 e. The van der Waals surface area contributed by atoms with Gasteiger partial charge in [-0.1, -0.05) is 17.3 Å². The predicted octanol–water partition coefficient (Wildman–Crippen LogP) is 2.13. The third-order valence-corrected chi connectivity index (χ3v) is 4.08. The number of hydrogen-bond donors (Lipinski definition) is 1. The number of ether oxygens (including phenoxy) is 3. The zero-order valence-electron chi connectivity index (χ0n) is 14.2. The molecule has 25 heavy (non-hydrogen) atoms. The molecule has 3 rings (SSSR count). The molecule has 1 N–H and O–H groups in total. The van der Waals surface area contributed by atoms with E-state index in [0.29, 0.717) is 48.3 Å². The highest BCUT2D eigenvalue weighted by Gasteiger charge is 2.20. The number of methoxy groups -OCH3 is 1. The molecule has 0 bridgehead atoms. The molecule has 0 saturated carbocycles. The van der Waals surface area contributed by atoms with Gasteiger partial charge in [0.15, 0.2) is 5.76 Å². The molecule has 0 unspecified atom stereocenters. The van der Waals surface area contributed by atoms with Gasteiger partial charge in [0, 0.05) is 19.1 Å². The van der Waals surface area contributed by atoms with Gasteiger partial charge in [0.25, 0.3) is 5.91 Å². The van der Waals surface area contributed by atoms with Crippen LogP contribution in [0.5, 0.6) is 5.75 Å². The van der Waals surface area contributed by atoms with E-state index in [2.05, 4.69) is 10.5 Å². The number of carbonyl (C=O) groups is 1. The molecule has 1 saturated heterocycles. The molecule has 7 nitrogen and oxygen atoms in total. The summed E-state index contributed by atoms with van der Waals surface area (Å²) in [5.41, 5.74) is 1.05. The summed E-state index contributed by atoms with van der Waals surface area (Å²) in [4.78, 5) is 12.4. The first-order valence-corrected chi connectivity index (χ1v) is 8.31. The lowest BCUT2D eigenvalue weighted by molar-refractivity contribution is 0.0823. The summed E-state index contributed by atoms with van der Waals surface area (Å²) in [7, 11) is 1.57. The second-order valence-corrected chi connectivity index (χ2v) is 5.83. The normalized spacial score (nSPS) is 16.8. The Bertz CT molecular complexity index is 694. The minimum atomic E-state index is -0.255. The van der Waals surface area contributed by atoms with E-state index in [0.717, 1.165) is 19.6 Å². The molecule has 2 aromatic rings. The van der Waals surface area contributed by atoms with Crippen molar-refractivity contribution in [1.29, 1.82) is 0 Å². The van der Waals surface area contributed by atoms with Gasteiger partial charge in [-0.2, -0.15) is 0 Å². The highest BCUT2D eigenvalue weighted by molar-refractivity contribution is 5.99. The van der Waals surface area contributed by atoms with E-state index in [-0.39, 0.29) is 5.91 Å². The maximum atomic E-state index is 12.4. The first kappa shape index (κ1) is 17.4. The van der Waals surface area contributed by atoms with Gasteiger partial charge < -0.3 is 24.1 Å². The molecule has 1 aromatic heterocycles. The predicted molar refractivity (Wildman–Crippen MR) is 90.6 cm³/mol. The van der Waals surface area contributed by atoms with E-state index in [1.54, 1.807) is 13.2 Å². The number of nitrogens with zero attached hydrogens (tertiary/aromatic N) is 1. The van der Waals surface area contributed by atoms with Crippen LogP contribution in [-0.2, 0) is 9.47 Å². The molecule has 1 atom stereocenters. The molecule has 1 aromatic carbocycles. The van der Waals surface area contributed by atoms with Gasteiger partial charge in [-0.25, -0.2) is 0 Å². The van der Waals surface area contributed by atoms with Crippen LogP contribution in [0.25, 0.3) is 11.3 Å². The molecule has 7 heteroatoms. The largest absolute Gasteiger partial charge is 0.496 e. The van der Waals surface area contributed by atoms with E-state index >= 15 is 0 Å². The van der Waals surface area contributed by atoms with Gasteiger partial charge in [-0.05, 0) is 18.6 Å². The Morgan fingerprint density at radius 2 is 2.28 bits per heavy atom. The molecular weight excluding hydrogens is 324 g/mol. The third kappa shape index (κ3) is 4.37. The Morgan fingerprint density at radius 1 is 1.40 bits per heavy atom. The van der Waals surface area contributed by atoms with E-state index in [1.807, 2.05) is 18.2 Å². The molecule has 134 valence electrons. The molecule has 1 fully saturated rings. The quantitative estimate of drug-likeness (QED) is 0.738. The second-order valence-electron chi connectivity index (χ2n) is 5.83. The minimum absolute atomic E-state index is 0.255. The number of rotatable bonds is 8. The smallest absolute Gasteiger partial charge is 0.256 e. The zero-order chi connectivity index (χ0) is 17.5. The number of benzene rings is 1. The first-order valence-electron chi connectivity index (χ1n) is 8.31. The minimum Gasteiger partial charge on any atom is -0.496 e. The van der Waals surface area contributed by atoms with Gasteiger partial charge in [0.1, 0.15) is 11.3 Å². The Morgan fingerprint density at radius 3 is 3.08 bits per heavy atom. The maximum absolute atomic E-state index is 12.4.